The topological polar surface area (TPSA) is 98.6 Å². The van der Waals surface area contributed by atoms with Gasteiger partial charge in [-0.15, -0.1) is 0 Å². The number of aromatic amines is 1. The lowest BCUT2D eigenvalue weighted by Crippen LogP contribution is -2.17. The van der Waals surface area contributed by atoms with Crippen LogP contribution < -0.4 is 10.9 Å². The minimum atomic E-state index is -0.552. The lowest BCUT2D eigenvalue weighted by Gasteiger charge is -2.08. The molecule has 8 heteroatoms. The number of nitrogens with one attached hydrogen (secondary N) is 2. The highest BCUT2D eigenvalue weighted by Crippen LogP contribution is 2.23. The first-order valence-electron chi connectivity index (χ1n) is 8.26. The van der Waals surface area contributed by atoms with Crippen molar-refractivity contribution < 1.29 is 4.79 Å². The van der Waals surface area contributed by atoms with E-state index in [2.05, 4.69) is 15.3 Å². The number of amides is 1. The molecule has 0 unspecified atom stereocenters. The molecule has 6 nitrogen and oxygen atoms in total. The van der Waals surface area contributed by atoms with Gasteiger partial charge in [-0.1, -0.05) is 47.6 Å². The third-order valence-electron chi connectivity index (χ3n) is 3.77. The molecule has 0 radical (unpaired) electrons. The average Bonchev–Trinajstić information content (AvgIpc) is 2.66. The summed E-state index contributed by atoms with van der Waals surface area (Å²) in [6.07, 6.45) is 0. The fourth-order valence-corrected chi connectivity index (χ4v) is 3.28. The Balaban J connectivity index is 1.79. The van der Waals surface area contributed by atoms with Gasteiger partial charge in [0, 0.05) is 16.3 Å². The summed E-state index contributed by atoms with van der Waals surface area (Å²) < 4.78 is 0. The van der Waals surface area contributed by atoms with E-state index in [-0.39, 0.29) is 28.1 Å². The maximum atomic E-state index is 12.2. The molecular formula is C20H15ClN4O2S. The number of rotatable bonds is 5. The Labute approximate surface area is 170 Å². The number of carbonyl (C=O) groups excluding carboxylic acids is 1. The van der Waals surface area contributed by atoms with Crippen LogP contribution >= 0.6 is 23.4 Å². The Morgan fingerprint density at radius 2 is 2.04 bits per heavy atom. The molecule has 1 heterocycles. The van der Waals surface area contributed by atoms with Crippen LogP contribution in [0, 0.1) is 18.3 Å². The Hall–Kier alpha value is -3.08. The molecule has 0 spiro atoms. The second kappa shape index (κ2) is 8.74. The number of nitriles is 1. The predicted molar refractivity (Wildman–Crippen MR) is 111 cm³/mol. The van der Waals surface area contributed by atoms with Crippen LogP contribution in [0.4, 0.5) is 5.69 Å². The van der Waals surface area contributed by atoms with E-state index in [1.807, 2.05) is 31.2 Å². The summed E-state index contributed by atoms with van der Waals surface area (Å²) >= 11 is 6.98. The van der Waals surface area contributed by atoms with Crippen LogP contribution in [-0.2, 0) is 4.79 Å². The number of H-pyrrole nitrogens is 1. The monoisotopic (exact) mass is 410 g/mol. The van der Waals surface area contributed by atoms with Crippen LogP contribution in [0.15, 0.2) is 58.5 Å². The number of anilines is 1. The molecule has 0 saturated carbocycles. The number of carbonyl (C=O) groups is 1. The minimum absolute atomic E-state index is 0.0584. The summed E-state index contributed by atoms with van der Waals surface area (Å²) in [5.41, 5.74) is 1.95. The molecule has 0 fully saturated rings. The van der Waals surface area contributed by atoms with E-state index in [0.29, 0.717) is 16.3 Å². The number of aryl methyl sites for hydroxylation is 1. The molecule has 1 amide bonds. The minimum Gasteiger partial charge on any atom is -0.325 e. The van der Waals surface area contributed by atoms with Gasteiger partial charge in [-0.3, -0.25) is 9.59 Å². The van der Waals surface area contributed by atoms with Crippen LogP contribution in [-0.4, -0.2) is 21.6 Å². The average molecular weight is 411 g/mol. The van der Waals surface area contributed by atoms with Gasteiger partial charge in [-0.2, -0.15) is 5.26 Å². The van der Waals surface area contributed by atoms with Crippen LogP contribution in [0.1, 0.15) is 11.1 Å². The van der Waals surface area contributed by atoms with E-state index in [1.54, 1.807) is 30.3 Å². The van der Waals surface area contributed by atoms with Crippen molar-refractivity contribution in [2.24, 2.45) is 0 Å². The standard InChI is InChI=1S/C20H15ClN4O2S/c1-12-3-2-4-15(9-12)23-17(26)11-28-20-24-18(16(10-22)19(27)25-20)13-5-7-14(21)8-6-13/h2-9H,11H2,1H3,(H,23,26)(H,24,25,27). The molecule has 0 atom stereocenters. The van der Waals surface area contributed by atoms with Crippen molar-refractivity contribution in [2.45, 2.75) is 12.1 Å². The van der Waals surface area contributed by atoms with Crippen LogP contribution in [0.3, 0.4) is 0 Å². The zero-order chi connectivity index (χ0) is 20.1. The lowest BCUT2D eigenvalue weighted by atomic mass is 10.1. The van der Waals surface area contributed by atoms with Crippen molar-refractivity contribution in [2.75, 3.05) is 11.1 Å². The fourth-order valence-electron chi connectivity index (χ4n) is 2.50. The summed E-state index contributed by atoms with van der Waals surface area (Å²) in [6, 6.07) is 16.0. The van der Waals surface area contributed by atoms with Crippen molar-refractivity contribution in [1.29, 1.82) is 5.26 Å². The summed E-state index contributed by atoms with van der Waals surface area (Å²) in [6.45, 7) is 1.94. The van der Waals surface area contributed by atoms with Crippen molar-refractivity contribution >= 4 is 35.0 Å². The molecule has 0 bridgehead atoms. The van der Waals surface area contributed by atoms with E-state index < -0.39 is 5.56 Å². The second-order valence-electron chi connectivity index (χ2n) is 5.92. The number of hydrogen-bond donors (Lipinski definition) is 2. The van der Waals surface area contributed by atoms with Crippen molar-refractivity contribution in [3.8, 4) is 17.3 Å². The first kappa shape index (κ1) is 19.7. The molecule has 2 aromatic carbocycles. The van der Waals surface area contributed by atoms with Crippen molar-refractivity contribution in [3.05, 3.63) is 75.0 Å². The van der Waals surface area contributed by atoms with E-state index in [9.17, 15) is 14.9 Å². The third-order valence-corrected chi connectivity index (χ3v) is 4.89. The van der Waals surface area contributed by atoms with Crippen LogP contribution in [0.25, 0.3) is 11.3 Å². The second-order valence-corrected chi connectivity index (χ2v) is 7.32. The highest BCUT2D eigenvalue weighted by molar-refractivity contribution is 7.99. The third kappa shape index (κ3) is 4.80. The number of benzene rings is 2. The van der Waals surface area contributed by atoms with E-state index in [0.717, 1.165) is 17.3 Å². The first-order valence-corrected chi connectivity index (χ1v) is 9.62. The normalized spacial score (nSPS) is 10.3. The molecule has 0 aliphatic heterocycles. The molecule has 0 aliphatic carbocycles. The SMILES string of the molecule is Cc1cccc(NC(=O)CSc2nc(-c3ccc(Cl)cc3)c(C#N)c(=O)[nH]2)c1. The summed E-state index contributed by atoms with van der Waals surface area (Å²) in [5.74, 6) is -0.168. The van der Waals surface area contributed by atoms with Crippen LogP contribution in [0.2, 0.25) is 5.02 Å². The Morgan fingerprint density at radius 3 is 2.71 bits per heavy atom. The zero-order valence-electron chi connectivity index (χ0n) is 14.8. The molecular weight excluding hydrogens is 396 g/mol. The number of hydrogen-bond acceptors (Lipinski definition) is 5. The summed E-state index contributed by atoms with van der Waals surface area (Å²) in [5, 5.41) is 12.9. The highest BCUT2D eigenvalue weighted by atomic mass is 35.5. The summed E-state index contributed by atoms with van der Waals surface area (Å²) in [7, 11) is 0. The van der Waals surface area contributed by atoms with Crippen LogP contribution in [0.5, 0.6) is 0 Å². The van der Waals surface area contributed by atoms with Crippen molar-refractivity contribution in [3.63, 3.8) is 0 Å². The van der Waals surface area contributed by atoms with Crippen molar-refractivity contribution in [1.82, 2.24) is 9.97 Å². The summed E-state index contributed by atoms with van der Waals surface area (Å²) in [4.78, 5) is 31.3. The number of nitrogens with zero attached hydrogens (tertiary/aromatic N) is 2. The van der Waals surface area contributed by atoms with Gasteiger partial charge >= 0.3 is 0 Å². The van der Waals surface area contributed by atoms with Gasteiger partial charge < -0.3 is 10.3 Å². The maximum absolute atomic E-state index is 12.2. The fraction of sp³-hybridized carbons (Fsp3) is 0.100. The van der Waals surface area contributed by atoms with E-state index in [1.165, 1.54) is 0 Å². The van der Waals surface area contributed by atoms with Gasteiger partial charge in [0.15, 0.2) is 5.16 Å². The number of aromatic nitrogens is 2. The highest BCUT2D eigenvalue weighted by Gasteiger charge is 2.14. The van der Waals surface area contributed by atoms with Gasteiger partial charge in [0.25, 0.3) is 5.56 Å². The first-order chi connectivity index (χ1) is 13.5. The quantitative estimate of drug-likeness (QED) is 0.489. The molecule has 2 N–H and O–H groups in total. The van der Waals surface area contributed by atoms with Gasteiger partial charge in [0.1, 0.15) is 11.6 Å². The van der Waals surface area contributed by atoms with Gasteiger partial charge in [0.2, 0.25) is 5.91 Å². The van der Waals surface area contributed by atoms with Gasteiger partial charge in [-0.25, -0.2) is 4.98 Å². The predicted octanol–water partition coefficient (Wildman–Crippen LogP) is 4.00. The molecule has 1 aromatic heterocycles. The Bertz CT molecular complexity index is 1120. The smallest absolute Gasteiger partial charge is 0.270 e. The number of halogens is 1. The van der Waals surface area contributed by atoms with E-state index in [4.69, 9.17) is 11.6 Å². The molecule has 0 saturated heterocycles. The number of thioether (sulfide) groups is 1. The lowest BCUT2D eigenvalue weighted by molar-refractivity contribution is -0.113. The molecule has 28 heavy (non-hydrogen) atoms. The molecule has 0 aliphatic rings. The Morgan fingerprint density at radius 1 is 1.29 bits per heavy atom. The Kier molecular flexibility index (Phi) is 6.14. The molecule has 3 rings (SSSR count). The molecule has 3 aromatic rings. The van der Waals surface area contributed by atoms with E-state index >= 15 is 0 Å². The maximum Gasteiger partial charge on any atom is 0.270 e. The van der Waals surface area contributed by atoms with Gasteiger partial charge in [0.05, 0.1) is 11.4 Å². The zero-order valence-corrected chi connectivity index (χ0v) is 16.4. The van der Waals surface area contributed by atoms with Gasteiger partial charge in [-0.05, 0) is 36.8 Å². The largest absolute Gasteiger partial charge is 0.325 e. The molecule has 140 valence electrons.